The van der Waals surface area contributed by atoms with E-state index in [-0.39, 0.29) is 5.41 Å². The highest BCUT2D eigenvalue weighted by atomic mass is 35.5. The summed E-state index contributed by atoms with van der Waals surface area (Å²) in [6.45, 7) is 4.58. The fourth-order valence-electron chi connectivity index (χ4n) is 5.53. The van der Waals surface area contributed by atoms with E-state index in [4.69, 9.17) is 20.8 Å². The van der Waals surface area contributed by atoms with Crippen molar-refractivity contribution in [2.75, 3.05) is 20.2 Å². The van der Waals surface area contributed by atoms with Crippen LogP contribution in [0.5, 0.6) is 0 Å². The molecule has 0 aliphatic carbocycles. The molecule has 0 aromatic carbocycles. The maximum absolute atomic E-state index is 13.6. The van der Waals surface area contributed by atoms with Crippen molar-refractivity contribution >= 4 is 17.5 Å². The number of halogens is 1. The molecule has 3 aliphatic heterocycles. The summed E-state index contributed by atoms with van der Waals surface area (Å²) in [7, 11) is 1.77. The second-order valence-electron chi connectivity index (χ2n) is 8.07. The van der Waals surface area contributed by atoms with Crippen molar-refractivity contribution in [2.24, 2.45) is 5.41 Å². The third-order valence-corrected chi connectivity index (χ3v) is 7.17. The molecule has 6 heteroatoms. The largest absolute Gasteiger partial charge is 0.448 e. The van der Waals surface area contributed by atoms with Gasteiger partial charge in [-0.15, -0.1) is 0 Å². The van der Waals surface area contributed by atoms with Crippen LogP contribution in [0.3, 0.4) is 0 Å². The number of furan rings is 1. The van der Waals surface area contributed by atoms with Crippen molar-refractivity contribution in [2.45, 2.75) is 70.2 Å². The summed E-state index contributed by atoms with van der Waals surface area (Å²) in [5.41, 5.74) is -0.237. The van der Waals surface area contributed by atoms with Crippen LogP contribution in [0.4, 0.5) is 0 Å². The van der Waals surface area contributed by atoms with Crippen LogP contribution in [0.15, 0.2) is 16.5 Å². The van der Waals surface area contributed by atoms with Crippen LogP contribution < -0.4 is 0 Å². The smallest absolute Gasteiger partial charge is 0.230 e. The van der Waals surface area contributed by atoms with Gasteiger partial charge in [0.1, 0.15) is 5.76 Å². The van der Waals surface area contributed by atoms with Gasteiger partial charge in [-0.1, -0.05) is 6.92 Å². The number of piperidine rings is 1. The van der Waals surface area contributed by atoms with E-state index in [1.807, 2.05) is 6.07 Å². The van der Waals surface area contributed by atoms with Gasteiger partial charge in [-0.2, -0.15) is 0 Å². The summed E-state index contributed by atoms with van der Waals surface area (Å²) in [6.07, 6.45) is 6.37. The molecule has 0 radical (unpaired) electrons. The quantitative estimate of drug-likeness (QED) is 0.781. The van der Waals surface area contributed by atoms with Crippen LogP contribution >= 0.6 is 11.6 Å². The summed E-state index contributed by atoms with van der Waals surface area (Å²) in [4.78, 5) is 18.2. The predicted molar refractivity (Wildman–Crippen MR) is 100 cm³/mol. The number of carbonyl (C=O) groups excluding carboxylic acids is 1. The summed E-state index contributed by atoms with van der Waals surface area (Å²) < 4.78 is 11.1. The van der Waals surface area contributed by atoms with E-state index in [0.29, 0.717) is 29.3 Å². The van der Waals surface area contributed by atoms with E-state index in [2.05, 4.69) is 16.7 Å². The molecule has 2 bridgehead atoms. The third kappa shape index (κ3) is 2.98. The molecule has 1 amide bonds. The molecule has 1 aromatic rings. The van der Waals surface area contributed by atoms with Gasteiger partial charge in [0, 0.05) is 32.3 Å². The number of carbonyl (C=O) groups is 1. The Morgan fingerprint density at radius 1 is 1.31 bits per heavy atom. The van der Waals surface area contributed by atoms with Crippen LogP contribution in [-0.4, -0.2) is 54.1 Å². The van der Waals surface area contributed by atoms with Crippen molar-refractivity contribution in [3.8, 4) is 0 Å². The van der Waals surface area contributed by atoms with Crippen LogP contribution in [0.2, 0.25) is 5.22 Å². The maximum Gasteiger partial charge on any atom is 0.230 e. The zero-order chi connectivity index (χ0) is 18.3. The molecule has 0 N–H and O–H groups in total. The normalized spacial score (nSPS) is 32.5. The van der Waals surface area contributed by atoms with Gasteiger partial charge in [-0.3, -0.25) is 9.69 Å². The SMILES string of the molecule is CC[C@@]1(C(=O)N2CCC(OC)CC2)C[C@@H]2CC[C@H]1N2Cc1ccc(Cl)o1. The Kier molecular flexibility index (Phi) is 5.06. The lowest BCUT2D eigenvalue weighted by atomic mass is 9.70. The van der Waals surface area contributed by atoms with Gasteiger partial charge in [-0.05, 0) is 62.3 Å². The standard InChI is InChI=1S/C20H29ClN2O3/c1-3-20(19(24)22-10-8-15(25-2)9-11-22)12-14-4-6-17(20)23(14)13-16-5-7-18(21)26-16/h5,7,14-15,17H,3-4,6,8-13H2,1-2H3/t14-,17+,20+/m0/s1. The lowest BCUT2D eigenvalue weighted by Crippen LogP contribution is -2.52. The number of nitrogens with zero attached hydrogens (tertiary/aromatic N) is 2. The second-order valence-corrected chi connectivity index (χ2v) is 8.44. The molecule has 0 spiro atoms. The molecule has 4 rings (SSSR count). The minimum atomic E-state index is -0.237. The average Bonchev–Trinajstić information content (AvgIpc) is 3.35. The maximum atomic E-state index is 13.6. The fraction of sp³-hybridized carbons (Fsp3) is 0.750. The number of likely N-dealkylation sites (tertiary alicyclic amines) is 1. The van der Waals surface area contributed by atoms with Crippen LogP contribution in [0.1, 0.15) is 51.2 Å². The van der Waals surface area contributed by atoms with Gasteiger partial charge in [-0.25, -0.2) is 0 Å². The minimum absolute atomic E-state index is 0.237. The van der Waals surface area contributed by atoms with E-state index in [0.717, 1.165) is 57.5 Å². The van der Waals surface area contributed by atoms with Gasteiger partial charge in [0.05, 0.1) is 18.1 Å². The summed E-state index contributed by atoms with van der Waals surface area (Å²) in [6, 6.07) is 4.54. The van der Waals surface area contributed by atoms with Gasteiger partial charge in [0.2, 0.25) is 5.91 Å². The Balaban J connectivity index is 1.50. The molecule has 4 heterocycles. The Bertz CT molecular complexity index is 655. The Morgan fingerprint density at radius 2 is 2.08 bits per heavy atom. The number of fused-ring (bicyclic) bond motifs is 2. The first kappa shape index (κ1) is 18.3. The average molecular weight is 381 g/mol. The third-order valence-electron chi connectivity index (χ3n) is 6.97. The first-order chi connectivity index (χ1) is 12.6. The van der Waals surface area contributed by atoms with E-state index in [9.17, 15) is 4.79 Å². The predicted octanol–water partition coefficient (Wildman–Crippen LogP) is 3.70. The zero-order valence-electron chi connectivity index (χ0n) is 15.7. The van der Waals surface area contributed by atoms with Crippen LogP contribution in [-0.2, 0) is 16.1 Å². The molecule has 3 saturated heterocycles. The van der Waals surface area contributed by atoms with E-state index >= 15 is 0 Å². The highest BCUT2D eigenvalue weighted by Crippen LogP contribution is 2.53. The molecule has 26 heavy (non-hydrogen) atoms. The number of hydrogen-bond donors (Lipinski definition) is 0. The number of ether oxygens (including phenoxy) is 1. The molecule has 3 atom stereocenters. The second kappa shape index (κ2) is 7.17. The van der Waals surface area contributed by atoms with Crippen molar-refractivity contribution in [1.29, 1.82) is 0 Å². The molecule has 144 valence electrons. The van der Waals surface area contributed by atoms with Crippen LogP contribution in [0.25, 0.3) is 0 Å². The molecule has 3 aliphatic rings. The lowest BCUT2D eigenvalue weighted by Gasteiger charge is -2.42. The monoisotopic (exact) mass is 380 g/mol. The van der Waals surface area contributed by atoms with Crippen molar-refractivity contribution < 1.29 is 13.9 Å². The Labute approximate surface area is 160 Å². The van der Waals surface area contributed by atoms with Gasteiger partial charge in [0.15, 0.2) is 5.22 Å². The number of hydrogen-bond acceptors (Lipinski definition) is 4. The summed E-state index contributed by atoms with van der Waals surface area (Å²) in [5.74, 6) is 1.26. The molecular formula is C20H29ClN2O3. The summed E-state index contributed by atoms with van der Waals surface area (Å²) >= 11 is 5.94. The number of rotatable bonds is 5. The van der Waals surface area contributed by atoms with E-state index in [1.165, 1.54) is 6.42 Å². The fourth-order valence-corrected chi connectivity index (χ4v) is 5.69. The highest BCUT2D eigenvalue weighted by Gasteiger charge is 2.59. The molecular weight excluding hydrogens is 352 g/mol. The number of amides is 1. The molecule has 0 unspecified atom stereocenters. The van der Waals surface area contributed by atoms with Gasteiger partial charge in [0.25, 0.3) is 0 Å². The summed E-state index contributed by atoms with van der Waals surface area (Å²) in [5, 5.41) is 0.436. The van der Waals surface area contributed by atoms with Crippen LogP contribution in [0, 0.1) is 5.41 Å². The molecule has 1 aromatic heterocycles. The Hall–Kier alpha value is -1.04. The van der Waals surface area contributed by atoms with Crippen molar-refractivity contribution in [3.05, 3.63) is 23.1 Å². The van der Waals surface area contributed by atoms with Crippen molar-refractivity contribution in [1.82, 2.24) is 9.80 Å². The van der Waals surface area contributed by atoms with Gasteiger partial charge >= 0.3 is 0 Å². The van der Waals surface area contributed by atoms with E-state index in [1.54, 1.807) is 13.2 Å². The zero-order valence-corrected chi connectivity index (χ0v) is 16.5. The molecule has 5 nitrogen and oxygen atoms in total. The molecule has 3 fully saturated rings. The lowest BCUT2D eigenvalue weighted by molar-refractivity contribution is -0.147. The Morgan fingerprint density at radius 3 is 2.69 bits per heavy atom. The number of methoxy groups -OCH3 is 1. The topological polar surface area (TPSA) is 45.9 Å². The van der Waals surface area contributed by atoms with E-state index < -0.39 is 0 Å². The first-order valence-corrected chi connectivity index (χ1v) is 10.3. The highest BCUT2D eigenvalue weighted by molar-refractivity contribution is 6.28. The van der Waals surface area contributed by atoms with Gasteiger partial charge < -0.3 is 14.1 Å². The molecule has 0 saturated carbocycles. The minimum Gasteiger partial charge on any atom is -0.448 e. The first-order valence-electron chi connectivity index (χ1n) is 9.89. The van der Waals surface area contributed by atoms with Crippen molar-refractivity contribution in [3.63, 3.8) is 0 Å².